The first-order chi connectivity index (χ1) is 9.86. The number of amides is 1. The molecule has 1 aromatic rings. The number of hydrogen-bond acceptors (Lipinski definition) is 3. The van der Waals surface area contributed by atoms with Crippen LogP contribution in [-0.2, 0) is 4.79 Å². The first-order valence-corrected chi connectivity index (χ1v) is 7.33. The number of nitrogens with zero attached hydrogens (tertiary/aromatic N) is 1. The summed E-state index contributed by atoms with van der Waals surface area (Å²) in [6, 6.07) is 5.99. The Morgan fingerprint density at radius 2 is 2.10 bits per heavy atom. The molecule has 1 amide bonds. The van der Waals surface area contributed by atoms with Crippen LogP contribution in [0.4, 0.5) is 4.39 Å². The van der Waals surface area contributed by atoms with Gasteiger partial charge in [-0.05, 0) is 51.0 Å². The highest BCUT2D eigenvalue weighted by molar-refractivity contribution is 5.85. The number of piperidine rings is 1. The number of likely N-dealkylation sites (tertiary alicyclic amines) is 1. The van der Waals surface area contributed by atoms with Crippen molar-refractivity contribution in [1.29, 1.82) is 0 Å². The average molecular weight is 294 g/mol. The summed E-state index contributed by atoms with van der Waals surface area (Å²) < 4.78 is 18.5. The van der Waals surface area contributed by atoms with E-state index < -0.39 is 5.54 Å². The van der Waals surface area contributed by atoms with E-state index in [1.54, 1.807) is 26.0 Å². The Morgan fingerprint density at radius 1 is 1.43 bits per heavy atom. The van der Waals surface area contributed by atoms with Gasteiger partial charge in [0.15, 0.2) is 0 Å². The van der Waals surface area contributed by atoms with Crippen LogP contribution in [-0.4, -0.2) is 36.0 Å². The van der Waals surface area contributed by atoms with Crippen molar-refractivity contribution < 1.29 is 13.9 Å². The maximum atomic E-state index is 12.8. The Labute approximate surface area is 125 Å². The molecule has 0 spiro atoms. The first-order valence-electron chi connectivity index (χ1n) is 7.33. The van der Waals surface area contributed by atoms with Crippen molar-refractivity contribution in [3.8, 4) is 5.75 Å². The van der Waals surface area contributed by atoms with Crippen molar-refractivity contribution in [3.63, 3.8) is 0 Å². The lowest BCUT2D eigenvalue weighted by Gasteiger charge is -2.36. The summed E-state index contributed by atoms with van der Waals surface area (Å²) in [5, 5.41) is 0. The molecule has 1 atom stereocenters. The second-order valence-electron chi connectivity index (χ2n) is 6.25. The topological polar surface area (TPSA) is 55.6 Å². The molecule has 1 aliphatic heterocycles. The van der Waals surface area contributed by atoms with Crippen LogP contribution < -0.4 is 10.5 Å². The van der Waals surface area contributed by atoms with Crippen molar-refractivity contribution in [1.82, 2.24) is 4.90 Å². The van der Waals surface area contributed by atoms with Crippen LogP contribution in [0.15, 0.2) is 24.3 Å². The fourth-order valence-electron chi connectivity index (χ4n) is 2.54. The summed E-state index contributed by atoms with van der Waals surface area (Å²) in [6.07, 6.45) is 1.98. The largest absolute Gasteiger partial charge is 0.493 e. The maximum absolute atomic E-state index is 12.8. The van der Waals surface area contributed by atoms with Gasteiger partial charge in [-0.15, -0.1) is 0 Å². The lowest BCUT2D eigenvalue weighted by Crippen LogP contribution is -2.54. The normalized spacial score (nSPS) is 19.4. The highest BCUT2D eigenvalue weighted by Gasteiger charge is 2.31. The van der Waals surface area contributed by atoms with Crippen molar-refractivity contribution in [3.05, 3.63) is 30.1 Å². The summed E-state index contributed by atoms with van der Waals surface area (Å²) in [4.78, 5) is 14.0. The van der Waals surface area contributed by atoms with Gasteiger partial charge in [-0.1, -0.05) is 0 Å². The van der Waals surface area contributed by atoms with Crippen LogP contribution in [0, 0.1) is 11.7 Å². The van der Waals surface area contributed by atoms with E-state index in [0.29, 0.717) is 18.9 Å². The van der Waals surface area contributed by atoms with Gasteiger partial charge in [-0.25, -0.2) is 4.39 Å². The lowest BCUT2D eigenvalue weighted by molar-refractivity contribution is -0.137. The third kappa shape index (κ3) is 4.43. The quantitative estimate of drug-likeness (QED) is 0.926. The number of rotatable bonds is 4. The number of hydrogen-bond donors (Lipinski definition) is 1. The Balaban J connectivity index is 1.87. The zero-order valence-electron chi connectivity index (χ0n) is 12.6. The van der Waals surface area contributed by atoms with E-state index >= 15 is 0 Å². The monoisotopic (exact) mass is 294 g/mol. The average Bonchev–Trinajstić information content (AvgIpc) is 2.45. The van der Waals surface area contributed by atoms with Crippen LogP contribution in [0.25, 0.3) is 0 Å². The van der Waals surface area contributed by atoms with Gasteiger partial charge in [-0.2, -0.15) is 0 Å². The smallest absolute Gasteiger partial charge is 0.242 e. The van der Waals surface area contributed by atoms with Gasteiger partial charge in [0.1, 0.15) is 11.6 Å². The van der Waals surface area contributed by atoms with E-state index in [9.17, 15) is 9.18 Å². The third-order valence-corrected chi connectivity index (χ3v) is 3.66. The van der Waals surface area contributed by atoms with Crippen LogP contribution in [0.2, 0.25) is 0 Å². The van der Waals surface area contributed by atoms with Gasteiger partial charge in [0.2, 0.25) is 5.91 Å². The zero-order valence-corrected chi connectivity index (χ0v) is 12.6. The maximum Gasteiger partial charge on any atom is 0.242 e. The molecule has 1 aromatic carbocycles. The summed E-state index contributed by atoms with van der Waals surface area (Å²) in [5.74, 6) is 0.644. The van der Waals surface area contributed by atoms with Gasteiger partial charge in [0.25, 0.3) is 0 Å². The second-order valence-corrected chi connectivity index (χ2v) is 6.25. The minimum Gasteiger partial charge on any atom is -0.493 e. The fraction of sp³-hybridized carbons (Fsp3) is 0.562. The van der Waals surface area contributed by atoms with Crippen molar-refractivity contribution in [2.45, 2.75) is 32.2 Å². The van der Waals surface area contributed by atoms with Crippen molar-refractivity contribution in [2.75, 3.05) is 19.7 Å². The molecule has 21 heavy (non-hydrogen) atoms. The number of ether oxygens (including phenoxy) is 1. The van der Waals surface area contributed by atoms with E-state index in [2.05, 4.69) is 0 Å². The van der Waals surface area contributed by atoms with E-state index in [1.807, 2.05) is 4.90 Å². The zero-order chi connectivity index (χ0) is 15.5. The molecule has 1 saturated heterocycles. The predicted molar refractivity (Wildman–Crippen MR) is 79.5 cm³/mol. The third-order valence-electron chi connectivity index (χ3n) is 3.66. The number of benzene rings is 1. The molecular formula is C16H23FN2O2. The van der Waals surface area contributed by atoms with Gasteiger partial charge in [0, 0.05) is 19.0 Å². The van der Waals surface area contributed by atoms with Gasteiger partial charge in [0.05, 0.1) is 12.1 Å². The van der Waals surface area contributed by atoms with Crippen molar-refractivity contribution in [2.24, 2.45) is 11.7 Å². The summed E-state index contributed by atoms with van der Waals surface area (Å²) >= 11 is 0. The molecule has 2 rings (SSSR count). The highest BCUT2D eigenvalue weighted by Crippen LogP contribution is 2.20. The Kier molecular flexibility index (Phi) is 4.83. The van der Waals surface area contributed by atoms with Crippen molar-refractivity contribution >= 4 is 5.91 Å². The van der Waals surface area contributed by atoms with Crippen LogP contribution in [0.5, 0.6) is 5.75 Å². The Morgan fingerprint density at radius 3 is 2.71 bits per heavy atom. The van der Waals surface area contributed by atoms with Gasteiger partial charge >= 0.3 is 0 Å². The number of carbonyl (C=O) groups excluding carboxylic acids is 1. The van der Waals surface area contributed by atoms with Gasteiger partial charge in [-0.3, -0.25) is 4.79 Å². The summed E-state index contributed by atoms with van der Waals surface area (Å²) in [5.41, 5.74) is 5.04. The molecule has 1 fully saturated rings. The molecule has 5 heteroatoms. The van der Waals surface area contributed by atoms with Crippen LogP contribution in [0.1, 0.15) is 26.7 Å². The Hall–Kier alpha value is -1.62. The minimum absolute atomic E-state index is 0.0195. The summed E-state index contributed by atoms with van der Waals surface area (Å²) in [6.45, 7) is 5.41. The van der Waals surface area contributed by atoms with Gasteiger partial charge < -0.3 is 15.4 Å². The SMILES string of the molecule is CC(C)(N)C(=O)N1CCCC(COc2ccc(F)cc2)C1. The molecule has 1 heterocycles. The van der Waals surface area contributed by atoms with E-state index in [-0.39, 0.29) is 17.6 Å². The molecule has 0 saturated carbocycles. The minimum atomic E-state index is -0.834. The number of nitrogens with two attached hydrogens (primary N) is 1. The fourth-order valence-corrected chi connectivity index (χ4v) is 2.54. The molecule has 1 aliphatic rings. The molecule has 0 radical (unpaired) electrons. The molecule has 116 valence electrons. The molecule has 0 aliphatic carbocycles. The predicted octanol–water partition coefficient (Wildman–Crippen LogP) is 2.18. The van der Waals surface area contributed by atoms with E-state index in [1.165, 1.54) is 12.1 Å². The second kappa shape index (κ2) is 6.43. The number of carbonyl (C=O) groups is 1. The Bertz CT molecular complexity index is 482. The lowest BCUT2D eigenvalue weighted by atomic mass is 9.96. The molecule has 0 bridgehead atoms. The van der Waals surface area contributed by atoms with E-state index in [4.69, 9.17) is 10.5 Å². The number of halogens is 1. The summed E-state index contributed by atoms with van der Waals surface area (Å²) in [7, 11) is 0. The highest BCUT2D eigenvalue weighted by atomic mass is 19.1. The molecular weight excluding hydrogens is 271 g/mol. The molecule has 2 N–H and O–H groups in total. The first kappa shape index (κ1) is 15.8. The molecule has 1 unspecified atom stereocenters. The van der Waals surface area contributed by atoms with E-state index in [0.717, 1.165) is 19.4 Å². The molecule has 0 aromatic heterocycles. The standard InChI is InChI=1S/C16H23FN2O2/c1-16(2,18)15(20)19-9-3-4-12(10-19)11-21-14-7-5-13(17)6-8-14/h5-8,12H,3-4,9-11,18H2,1-2H3. The molecule has 4 nitrogen and oxygen atoms in total. The van der Waals surface area contributed by atoms with Crippen LogP contribution in [0.3, 0.4) is 0 Å². The van der Waals surface area contributed by atoms with Crippen LogP contribution >= 0.6 is 0 Å².